The van der Waals surface area contributed by atoms with E-state index >= 15 is 0 Å². The first-order chi connectivity index (χ1) is 11.4. The number of nitrogens with two attached hydrogens (primary N) is 2. The number of carbonyl (C=O) groups excluding carboxylic acids is 1. The first-order valence-electron chi connectivity index (χ1n) is 9.18. The maximum Gasteiger partial charge on any atom is 0.229 e. The molecule has 6 nitrogen and oxygen atoms in total. The summed E-state index contributed by atoms with van der Waals surface area (Å²) in [6, 6.07) is -0.0619. The highest BCUT2D eigenvalue weighted by molar-refractivity contribution is 5.84. The van der Waals surface area contributed by atoms with E-state index in [0.717, 1.165) is 48.3 Å². The molecule has 4 N–H and O–H groups in total. The van der Waals surface area contributed by atoms with Gasteiger partial charge in [0.05, 0.1) is 23.7 Å². The standard InChI is InChI=1S/C18H25N5O/c1-9-14-13(15(19)22-17(20)21-14)8-23(9)16(24)18-5-10-2-11(6-18)4-12(3-10)7-18/h9-12H,2-8H2,1H3,(H4,19,20,21,22). The van der Waals surface area contributed by atoms with E-state index in [1.54, 1.807) is 0 Å². The molecule has 6 rings (SSSR count). The van der Waals surface area contributed by atoms with Crippen molar-refractivity contribution < 1.29 is 4.79 Å². The van der Waals surface area contributed by atoms with Crippen molar-refractivity contribution in [2.24, 2.45) is 23.2 Å². The molecular weight excluding hydrogens is 302 g/mol. The van der Waals surface area contributed by atoms with Crippen molar-refractivity contribution in [1.29, 1.82) is 0 Å². The lowest BCUT2D eigenvalue weighted by Crippen LogP contribution is -2.54. The summed E-state index contributed by atoms with van der Waals surface area (Å²) >= 11 is 0. The molecule has 4 aliphatic carbocycles. The van der Waals surface area contributed by atoms with Gasteiger partial charge in [0, 0.05) is 5.56 Å². The van der Waals surface area contributed by atoms with Gasteiger partial charge in [0.2, 0.25) is 11.9 Å². The van der Waals surface area contributed by atoms with Crippen LogP contribution in [0, 0.1) is 23.2 Å². The molecule has 1 amide bonds. The molecule has 6 heteroatoms. The van der Waals surface area contributed by atoms with E-state index < -0.39 is 0 Å². The molecule has 1 atom stereocenters. The first-order valence-corrected chi connectivity index (χ1v) is 9.18. The SMILES string of the molecule is CC1c2nc(N)nc(N)c2CN1C(=O)C12CC3CC(CC(C3)C1)C2. The third-order valence-corrected chi connectivity index (χ3v) is 7.03. The maximum absolute atomic E-state index is 13.6. The van der Waals surface area contributed by atoms with Gasteiger partial charge in [-0.15, -0.1) is 0 Å². The Labute approximate surface area is 142 Å². The molecule has 4 saturated carbocycles. The number of anilines is 2. The van der Waals surface area contributed by atoms with Gasteiger partial charge in [0.1, 0.15) is 5.82 Å². The van der Waals surface area contributed by atoms with Crippen molar-refractivity contribution in [3.8, 4) is 0 Å². The molecule has 5 aliphatic rings. The van der Waals surface area contributed by atoms with E-state index in [4.69, 9.17) is 11.5 Å². The van der Waals surface area contributed by atoms with Crippen LogP contribution in [-0.2, 0) is 11.3 Å². The van der Waals surface area contributed by atoms with Crippen molar-refractivity contribution in [2.75, 3.05) is 11.5 Å². The fourth-order valence-corrected chi connectivity index (χ4v) is 6.43. The fourth-order valence-electron chi connectivity index (χ4n) is 6.43. The average molecular weight is 327 g/mol. The van der Waals surface area contributed by atoms with Crippen LogP contribution < -0.4 is 11.5 Å². The van der Waals surface area contributed by atoms with Crippen molar-refractivity contribution in [3.63, 3.8) is 0 Å². The second-order valence-electron chi connectivity index (χ2n) is 8.64. The topological polar surface area (TPSA) is 98.1 Å². The summed E-state index contributed by atoms with van der Waals surface area (Å²) in [5, 5.41) is 0. The van der Waals surface area contributed by atoms with Crippen molar-refractivity contribution in [3.05, 3.63) is 11.3 Å². The van der Waals surface area contributed by atoms with E-state index in [0.29, 0.717) is 18.3 Å². The van der Waals surface area contributed by atoms with E-state index in [1.807, 2.05) is 11.8 Å². The lowest BCUT2D eigenvalue weighted by atomic mass is 9.49. The van der Waals surface area contributed by atoms with Gasteiger partial charge in [-0.2, -0.15) is 4.98 Å². The zero-order valence-corrected chi connectivity index (χ0v) is 14.2. The first kappa shape index (κ1) is 14.5. The Kier molecular flexibility index (Phi) is 2.78. The molecule has 0 saturated heterocycles. The second-order valence-corrected chi connectivity index (χ2v) is 8.64. The molecule has 24 heavy (non-hydrogen) atoms. The monoisotopic (exact) mass is 327 g/mol. The average Bonchev–Trinajstić information content (AvgIpc) is 2.83. The Hall–Kier alpha value is -1.85. The summed E-state index contributed by atoms with van der Waals surface area (Å²) in [7, 11) is 0. The van der Waals surface area contributed by atoms with Gasteiger partial charge in [-0.3, -0.25) is 4.79 Å². The molecule has 0 radical (unpaired) electrons. The van der Waals surface area contributed by atoms with Crippen LogP contribution in [0.2, 0.25) is 0 Å². The van der Waals surface area contributed by atoms with Crippen LogP contribution in [0.3, 0.4) is 0 Å². The van der Waals surface area contributed by atoms with Gasteiger partial charge in [0.25, 0.3) is 0 Å². The second kappa shape index (κ2) is 4.61. The highest BCUT2D eigenvalue weighted by Crippen LogP contribution is 2.61. The van der Waals surface area contributed by atoms with E-state index in [1.165, 1.54) is 19.3 Å². The Morgan fingerprint density at radius 2 is 1.67 bits per heavy atom. The fraction of sp³-hybridized carbons (Fsp3) is 0.722. The molecule has 2 heterocycles. The number of hydrogen-bond acceptors (Lipinski definition) is 5. The molecule has 0 aromatic carbocycles. The number of amides is 1. The Morgan fingerprint density at radius 1 is 1.08 bits per heavy atom. The van der Waals surface area contributed by atoms with Crippen LogP contribution >= 0.6 is 0 Å². The molecule has 4 fully saturated rings. The number of rotatable bonds is 1. The van der Waals surface area contributed by atoms with E-state index in [-0.39, 0.29) is 17.4 Å². The molecular formula is C18H25N5O. The lowest BCUT2D eigenvalue weighted by Gasteiger charge is -2.56. The molecule has 1 aliphatic heterocycles. The minimum atomic E-state index is -0.126. The van der Waals surface area contributed by atoms with Gasteiger partial charge in [0.15, 0.2) is 0 Å². The van der Waals surface area contributed by atoms with Crippen LogP contribution in [0.15, 0.2) is 0 Å². The predicted molar refractivity (Wildman–Crippen MR) is 90.4 cm³/mol. The number of nitrogens with zero attached hydrogens (tertiary/aromatic N) is 3. The molecule has 1 aromatic heterocycles. The maximum atomic E-state index is 13.6. The largest absolute Gasteiger partial charge is 0.383 e. The van der Waals surface area contributed by atoms with E-state index in [2.05, 4.69) is 9.97 Å². The number of aromatic nitrogens is 2. The minimum absolute atomic E-state index is 0.0619. The van der Waals surface area contributed by atoms with Gasteiger partial charge < -0.3 is 16.4 Å². The van der Waals surface area contributed by atoms with Gasteiger partial charge in [-0.25, -0.2) is 4.98 Å². The predicted octanol–water partition coefficient (Wildman–Crippen LogP) is 2.26. The van der Waals surface area contributed by atoms with Crippen molar-refractivity contribution >= 4 is 17.7 Å². The zero-order chi connectivity index (χ0) is 16.6. The smallest absolute Gasteiger partial charge is 0.229 e. The van der Waals surface area contributed by atoms with Crippen LogP contribution in [0.5, 0.6) is 0 Å². The minimum Gasteiger partial charge on any atom is -0.383 e. The molecule has 1 unspecified atom stereocenters. The third-order valence-electron chi connectivity index (χ3n) is 7.03. The lowest BCUT2D eigenvalue weighted by molar-refractivity contribution is -0.160. The van der Waals surface area contributed by atoms with Gasteiger partial charge >= 0.3 is 0 Å². The third kappa shape index (κ3) is 1.85. The van der Waals surface area contributed by atoms with Crippen molar-refractivity contribution in [1.82, 2.24) is 14.9 Å². The van der Waals surface area contributed by atoms with Crippen LogP contribution in [0.4, 0.5) is 11.8 Å². The zero-order valence-electron chi connectivity index (χ0n) is 14.2. The Morgan fingerprint density at radius 3 is 2.25 bits per heavy atom. The van der Waals surface area contributed by atoms with Gasteiger partial charge in [-0.05, 0) is 63.2 Å². The van der Waals surface area contributed by atoms with Crippen LogP contribution in [-0.4, -0.2) is 20.8 Å². The van der Waals surface area contributed by atoms with Gasteiger partial charge in [-0.1, -0.05) is 0 Å². The molecule has 4 bridgehead atoms. The summed E-state index contributed by atoms with van der Waals surface area (Å²) in [5.41, 5.74) is 13.4. The molecule has 0 spiro atoms. The van der Waals surface area contributed by atoms with Crippen molar-refractivity contribution in [2.45, 2.75) is 58.0 Å². The number of carbonyl (C=O) groups is 1. The van der Waals surface area contributed by atoms with Crippen LogP contribution in [0.25, 0.3) is 0 Å². The molecule has 128 valence electrons. The summed E-state index contributed by atoms with van der Waals surface area (Å²) in [6.45, 7) is 2.57. The Bertz CT molecular complexity index is 695. The summed E-state index contributed by atoms with van der Waals surface area (Å²) in [6.07, 6.45) is 7.29. The highest BCUT2D eigenvalue weighted by atomic mass is 16.2. The normalized spacial score (nSPS) is 39.3. The van der Waals surface area contributed by atoms with Crippen LogP contribution in [0.1, 0.15) is 62.7 Å². The Balaban J connectivity index is 1.47. The number of nitrogen functional groups attached to an aromatic ring is 2. The molecule has 1 aromatic rings. The number of hydrogen-bond donors (Lipinski definition) is 2. The highest BCUT2D eigenvalue weighted by Gasteiger charge is 2.56. The van der Waals surface area contributed by atoms with E-state index in [9.17, 15) is 4.79 Å². The number of fused-ring (bicyclic) bond motifs is 1. The quantitative estimate of drug-likeness (QED) is 0.824. The summed E-state index contributed by atoms with van der Waals surface area (Å²) in [4.78, 5) is 24.0. The summed E-state index contributed by atoms with van der Waals surface area (Å²) in [5.74, 6) is 3.24. The summed E-state index contributed by atoms with van der Waals surface area (Å²) < 4.78 is 0.